The van der Waals surface area contributed by atoms with Gasteiger partial charge < -0.3 is 10.5 Å². The smallest absolute Gasteiger partial charge is 0.323 e. The molecule has 6 heteroatoms. The van der Waals surface area contributed by atoms with Crippen molar-refractivity contribution in [1.82, 2.24) is 0 Å². The molecule has 0 spiro atoms. The minimum Gasteiger partial charge on any atom is -0.468 e. The van der Waals surface area contributed by atoms with E-state index in [4.69, 9.17) is 5.73 Å². The summed E-state index contributed by atoms with van der Waals surface area (Å²) in [5.41, 5.74) is 5.33. The summed E-state index contributed by atoms with van der Waals surface area (Å²) in [5, 5.41) is 0. The Morgan fingerprint density at radius 1 is 1.35 bits per heavy atom. The first-order valence-corrected chi connectivity index (χ1v) is 4.77. The van der Waals surface area contributed by atoms with Gasteiger partial charge in [-0.1, -0.05) is 0 Å². The van der Waals surface area contributed by atoms with Crippen molar-refractivity contribution in [1.29, 1.82) is 0 Å². The maximum absolute atomic E-state index is 12.9. The number of benzene rings is 1. The van der Waals surface area contributed by atoms with Crippen molar-refractivity contribution in [2.24, 2.45) is 5.73 Å². The van der Waals surface area contributed by atoms with Crippen LogP contribution in [0.15, 0.2) is 18.2 Å². The molecule has 1 atom stereocenters. The van der Waals surface area contributed by atoms with Crippen molar-refractivity contribution in [3.63, 3.8) is 0 Å². The van der Waals surface area contributed by atoms with E-state index in [2.05, 4.69) is 4.74 Å². The van der Waals surface area contributed by atoms with Gasteiger partial charge >= 0.3 is 5.97 Å². The lowest BCUT2D eigenvalue weighted by molar-refractivity contribution is -0.142. The SMILES string of the molecule is COC(=O)C(N)CC(=O)c1ccc(F)c(F)c1. The Morgan fingerprint density at radius 2 is 2.00 bits per heavy atom. The number of ether oxygens (including phenoxy) is 1. The number of hydrogen-bond donors (Lipinski definition) is 1. The zero-order valence-electron chi connectivity index (χ0n) is 9.07. The van der Waals surface area contributed by atoms with Crippen molar-refractivity contribution >= 4 is 11.8 Å². The third kappa shape index (κ3) is 3.32. The van der Waals surface area contributed by atoms with Crippen molar-refractivity contribution in [3.05, 3.63) is 35.4 Å². The van der Waals surface area contributed by atoms with Gasteiger partial charge in [0.1, 0.15) is 6.04 Å². The van der Waals surface area contributed by atoms with Gasteiger partial charge in [-0.25, -0.2) is 8.78 Å². The van der Waals surface area contributed by atoms with E-state index in [0.717, 1.165) is 25.3 Å². The lowest BCUT2D eigenvalue weighted by Crippen LogP contribution is -2.33. The van der Waals surface area contributed by atoms with E-state index < -0.39 is 29.4 Å². The van der Waals surface area contributed by atoms with Crippen LogP contribution in [0.4, 0.5) is 8.78 Å². The van der Waals surface area contributed by atoms with Crippen LogP contribution in [0.25, 0.3) is 0 Å². The van der Waals surface area contributed by atoms with Crippen molar-refractivity contribution in [2.45, 2.75) is 12.5 Å². The Balaban J connectivity index is 2.76. The molecule has 0 bridgehead atoms. The van der Waals surface area contributed by atoms with Crippen LogP contribution in [-0.4, -0.2) is 24.9 Å². The number of nitrogens with two attached hydrogens (primary N) is 1. The summed E-state index contributed by atoms with van der Waals surface area (Å²) in [6.45, 7) is 0. The summed E-state index contributed by atoms with van der Waals surface area (Å²) in [6, 6.07) is 1.62. The van der Waals surface area contributed by atoms with Gasteiger partial charge in [-0.05, 0) is 18.2 Å². The van der Waals surface area contributed by atoms with Crippen LogP contribution >= 0.6 is 0 Å². The summed E-state index contributed by atoms with van der Waals surface area (Å²) in [7, 11) is 1.14. The fourth-order valence-electron chi connectivity index (χ4n) is 1.22. The maximum atomic E-state index is 12.9. The molecule has 0 aromatic heterocycles. The normalized spacial score (nSPS) is 12.0. The molecule has 0 radical (unpaired) electrons. The lowest BCUT2D eigenvalue weighted by Gasteiger charge is -2.08. The number of Topliss-reactive ketones (excluding diaryl/α,β-unsaturated/α-hetero) is 1. The van der Waals surface area contributed by atoms with Gasteiger partial charge in [0.25, 0.3) is 0 Å². The van der Waals surface area contributed by atoms with Crippen LogP contribution < -0.4 is 5.73 Å². The number of hydrogen-bond acceptors (Lipinski definition) is 4. The van der Waals surface area contributed by atoms with E-state index in [1.165, 1.54) is 0 Å². The predicted molar refractivity (Wildman–Crippen MR) is 55.3 cm³/mol. The molecule has 2 N–H and O–H groups in total. The first kappa shape index (κ1) is 13.2. The van der Waals surface area contributed by atoms with E-state index in [0.29, 0.717) is 0 Å². The predicted octanol–water partition coefficient (Wildman–Crippen LogP) is 1.04. The molecule has 0 aliphatic heterocycles. The minimum atomic E-state index is -1.12. The zero-order chi connectivity index (χ0) is 13.0. The molecule has 0 heterocycles. The monoisotopic (exact) mass is 243 g/mol. The number of carbonyl (C=O) groups excluding carboxylic acids is 2. The molecule has 0 aliphatic carbocycles. The second kappa shape index (κ2) is 5.49. The third-order valence-electron chi connectivity index (χ3n) is 2.15. The molecule has 1 rings (SSSR count). The number of ketones is 1. The fourth-order valence-corrected chi connectivity index (χ4v) is 1.22. The van der Waals surface area contributed by atoms with Gasteiger partial charge in [0.15, 0.2) is 17.4 Å². The molecule has 0 fully saturated rings. The molecular formula is C11H11F2NO3. The fraction of sp³-hybridized carbons (Fsp3) is 0.273. The Bertz CT molecular complexity index is 448. The van der Waals surface area contributed by atoms with E-state index >= 15 is 0 Å². The molecule has 1 aromatic carbocycles. The van der Waals surface area contributed by atoms with E-state index in [1.54, 1.807) is 0 Å². The van der Waals surface area contributed by atoms with Crippen molar-refractivity contribution < 1.29 is 23.1 Å². The van der Waals surface area contributed by atoms with Crippen LogP contribution in [0.5, 0.6) is 0 Å². The van der Waals surface area contributed by atoms with Crippen molar-refractivity contribution in [2.75, 3.05) is 7.11 Å². The molecular weight excluding hydrogens is 232 g/mol. The number of esters is 1. The van der Waals surface area contributed by atoms with E-state index in [9.17, 15) is 18.4 Å². The summed E-state index contributed by atoms with van der Waals surface area (Å²) in [4.78, 5) is 22.5. The van der Waals surface area contributed by atoms with Gasteiger partial charge in [0.05, 0.1) is 7.11 Å². The Labute approximate surface area is 96.4 Å². The minimum absolute atomic E-state index is 0.0387. The summed E-state index contributed by atoms with van der Waals surface area (Å²) in [6.07, 6.45) is -0.322. The van der Waals surface area contributed by atoms with Gasteiger partial charge in [-0.2, -0.15) is 0 Å². The molecule has 0 amide bonds. The maximum Gasteiger partial charge on any atom is 0.323 e. The molecule has 4 nitrogen and oxygen atoms in total. The highest BCUT2D eigenvalue weighted by molar-refractivity contribution is 5.98. The van der Waals surface area contributed by atoms with E-state index in [1.807, 2.05) is 0 Å². The molecule has 1 aromatic rings. The average Bonchev–Trinajstić information content (AvgIpc) is 2.31. The first-order chi connectivity index (χ1) is 7.95. The second-order valence-corrected chi connectivity index (χ2v) is 3.39. The van der Waals surface area contributed by atoms with Crippen LogP contribution in [0.2, 0.25) is 0 Å². The van der Waals surface area contributed by atoms with Crippen LogP contribution in [0.3, 0.4) is 0 Å². The molecule has 0 aliphatic rings. The largest absolute Gasteiger partial charge is 0.468 e. The van der Waals surface area contributed by atoms with Gasteiger partial charge in [-0.3, -0.25) is 9.59 Å². The molecule has 0 saturated carbocycles. The van der Waals surface area contributed by atoms with Gasteiger partial charge in [0.2, 0.25) is 0 Å². The molecule has 0 saturated heterocycles. The molecule has 1 unspecified atom stereocenters. The molecule has 92 valence electrons. The van der Waals surface area contributed by atoms with Crippen LogP contribution in [-0.2, 0) is 9.53 Å². The van der Waals surface area contributed by atoms with Crippen molar-refractivity contribution in [3.8, 4) is 0 Å². The lowest BCUT2D eigenvalue weighted by atomic mass is 10.0. The highest BCUT2D eigenvalue weighted by Gasteiger charge is 2.19. The standard InChI is InChI=1S/C11H11F2NO3/c1-17-11(16)9(14)5-10(15)6-2-3-7(12)8(13)4-6/h2-4,9H,5,14H2,1H3. The topological polar surface area (TPSA) is 69.4 Å². The van der Waals surface area contributed by atoms with E-state index in [-0.39, 0.29) is 12.0 Å². The zero-order valence-corrected chi connectivity index (χ0v) is 9.07. The average molecular weight is 243 g/mol. The van der Waals surface area contributed by atoms with Crippen LogP contribution in [0.1, 0.15) is 16.8 Å². The Morgan fingerprint density at radius 3 is 2.53 bits per heavy atom. The Hall–Kier alpha value is -1.82. The summed E-state index contributed by atoms with van der Waals surface area (Å²) >= 11 is 0. The van der Waals surface area contributed by atoms with Crippen LogP contribution in [0, 0.1) is 11.6 Å². The molecule has 17 heavy (non-hydrogen) atoms. The summed E-state index contributed by atoms with van der Waals surface area (Å²) in [5.74, 6) is -3.45. The number of halogens is 2. The quantitative estimate of drug-likeness (QED) is 0.633. The summed E-state index contributed by atoms with van der Waals surface area (Å²) < 4.78 is 29.8. The van der Waals surface area contributed by atoms with Gasteiger partial charge in [-0.15, -0.1) is 0 Å². The highest BCUT2D eigenvalue weighted by atomic mass is 19.2. The first-order valence-electron chi connectivity index (χ1n) is 4.77. The Kier molecular flexibility index (Phi) is 4.28. The number of carbonyl (C=O) groups is 2. The highest BCUT2D eigenvalue weighted by Crippen LogP contribution is 2.11. The second-order valence-electron chi connectivity index (χ2n) is 3.39. The number of methoxy groups -OCH3 is 1. The number of rotatable bonds is 4. The van der Waals surface area contributed by atoms with Gasteiger partial charge in [0, 0.05) is 12.0 Å². The third-order valence-corrected chi connectivity index (χ3v) is 2.15.